The molecule has 0 spiro atoms. The van der Waals surface area contributed by atoms with Gasteiger partial charge in [-0.05, 0) is 17.7 Å². The first-order chi connectivity index (χ1) is 7.88. The first-order valence-corrected chi connectivity index (χ1v) is 4.92. The van der Waals surface area contributed by atoms with E-state index in [0.717, 1.165) is 17.9 Å². The number of nitrogens with zero attached hydrogens (tertiary/aromatic N) is 3. The number of benzene rings is 1. The summed E-state index contributed by atoms with van der Waals surface area (Å²) in [4.78, 5) is 4.00. The molecule has 2 rings (SSSR count). The van der Waals surface area contributed by atoms with Crippen LogP contribution in [-0.4, -0.2) is 15.2 Å². The molecule has 2 aromatic rings. The van der Waals surface area contributed by atoms with Gasteiger partial charge in [-0.15, -0.1) is 0 Å². The summed E-state index contributed by atoms with van der Waals surface area (Å²) in [5.74, 6) is 0.814. The van der Waals surface area contributed by atoms with Crippen LogP contribution in [0.2, 0.25) is 0 Å². The molecular formula is C11H11N5. The van der Waals surface area contributed by atoms with Crippen molar-refractivity contribution >= 4 is 0 Å². The minimum absolute atomic E-state index is 0.653. The van der Waals surface area contributed by atoms with Crippen molar-refractivity contribution in [2.45, 2.75) is 13.1 Å². The quantitative estimate of drug-likeness (QED) is 0.793. The molecule has 16 heavy (non-hydrogen) atoms. The summed E-state index contributed by atoms with van der Waals surface area (Å²) >= 11 is 0. The minimum atomic E-state index is 0.653. The smallest absolute Gasteiger partial charge is 0.138 e. The van der Waals surface area contributed by atoms with E-state index in [0.29, 0.717) is 12.1 Å². The highest BCUT2D eigenvalue weighted by molar-refractivity contribution is 5.31. The average Bonchev–Trinajstić information content (AvgIpc) is 2.83. The molecular weight excluding hydrogens is 202 g/mol. The topological polar surface area (TPSA) is 77.4 Å². The van der Waals surface area contributed by atoms with Crippen LogP contribution in [0.15, 0.2) is 30.6 Å². The summed E-state index contributed by atoms with van der Waals surface area (Å²) in [5, 5.41) is 18.4. The molecule has 0 unspecified atom stereocenters. The molecule has 80 valence electrons. The van der Waals surface area contributed by atoms with Crippen molar-refractivity contribution in [1.29, 1.82) is 5.26 Å². The molecule has 5 heteroatoms. The van der Waals surface area contributed by atoms with Crippen molar-refractivity contribution in [3.63, 3.8) is 0 Å². The molecule has 0 bridgehead atoms. The summed E-state index contributed by atoms with van der Waals surface area (Å²) in [5.41, 5.74) is 1.82. The van der Waals surface area contributed by atoms with Gasteiger partial charge in [0.25, 0.3) is 0 Å². The van der Waals surface area contributed by atoms with Crippen LogP contribution in [0, 0.1) is 11.3 Å². The summed E-state index contributed by atoms with van der Waals surface area (Å²) < 4.78 is 0. The van der Waals surface area contributed by atoms with E-state index in [2.05, 4.69) is 26.6 Å². The lowest BCUT2D eigenvalue weighted by Gasteiger charge is -2.02. The van der Waals surface area contributed by atoms with Gasteiger partial charge in [0.2, 0.25) is 0 Å². The number of nitriles is 1. The molecule has 0 aliphatic carbocycles. The van der Waals surface area contributed by atoms with Crippen LogP contribution in [0.5, 0.6) is 0 Å². The van der Waals surface area contributed by atoms with Crippen molar-refractivity contribution in [2.75, 3.05) is 0 Å². The van der Waals surface area contributed by atoms with Gasteiger partial charge in [0.05, 0.1) is 18.2 Å². The fourth-order valence-electron chi connectivity index (χ4n) is 1.34. The van der Waals surface area contributed by atoms with Gasteiger partial charge in [0.1, 0.15) is 12.2 Å². The van der Waals surface area contributed by atoms with Crippen molar-refractivity contribution in [1.82, 2.24) is 20.5 Å². The van der Waals surface area contributed by atoms with E-state index in [1.807, 2.05) is 24.3 Å². The van der Waals surface area contributed by atoms with Gasteiger partial charge in [-0.3, -0.25) is 5.10 Å². The average molecular weight is 213 g/mol. The zero-order valence-electron chi connectivity index (χ0n) is 8.64. The Morgan fingerprint density at radius 1 is 1.25 bits per heavy atom. The Balaban J connectivity index is 1.83. The molecule has 0 fully saturated rings. The molecule has 0 saturated carbocycles. The number of rotatable bonds is 4. The molecule has 0 aliphatic heterocycles. The number of H-pyrrole nitrogens is 1. The molecule has 1 heterocycles. The van der Waals surface area contributed by atoms with Crippen LogP contribution in [-0.2, 0) is 13.1 Å². The Kier molecular flexibility index (Phi) is 3.26. The third kappa shape index (κ3) is 2.65. The van der Waals surface area contributed by atoms with Gasteiger partial charge in [0.15, 0.2) is 0 Å². The van der Waals surface area contributed by atoms with Crippen molar-refractivity contribution in [3.8, 4) is 6.07 Å². The van der Waals surface area contributed by atoms with E-state index >= 15 is 0 Å². The van der Waals surface area contributed by atoms with E-state index < -0.39 is 0 Å². The fraction of sp³-hybridized carbons (Fsp3) is 0.182. The number of hydrogen-bond donors (Lipinski definition) is 2. The van der Waals surface area contributed by atoms with Crippen LogP contribution in [0.3, 0.4) is 0 Å². The van der Waals surface area contributed by atoms with Gasteiger partial charge in [-0.2, -0.15) is 10.4 Å². The molecule has 0 atom stereocenters. The Hall–Kier alpha value is -2.19. The van der Waals surface area contributed by atoms with E-state index in [-0.39, 0.29) is 0 Å². The van der Waals surface area contributed by atoms with E-state index in [1.165, 1.54) is 6.33 Å². The monoisotopic (exact) mass is 213 g/mol. The predicted molar refractivity (Wildman–Crippen MR) is 58.1 cm³/mol. The number of hydrogen-bond acceptors (Lipinski definition) is 4. The molecule has 2 N–H and O–H groups in total. The zero-order valence-corrected chi connectivity index (χ0v) is 8.64. The maximum Gasteiger partial charge on any atom is 0.138 e. The number of aromatic amines is 1. The second-order valence-electron chi connectivity index (χ2n) is 3.34. The summed E-state index contributed by atoms with van der Waals surface area (Å²) in [6.45, 7) is 1.40. The SMILES string of the molecule is N#Cc1ccc(CNCc2ncn[nH]2)cc1. The van der Waals surface area contributed by atoms with Crippen LogP contribution in [0.1, 0.15) is 17.0 Å². The van der Waals surface area contributed by atoms with E-state index in [4.69, 9.17) is 5.26 Å². The lowest BCUT2D eigenvalue weighted by Crippen LogP contribution is -2.13. The molecule has 5 nitrogen and oxygen atoms in total. The molecule has 0 saturated heterocycles. The van der Waals surface area contributed by atoms with E-state index in [1.54, 1.807) is 0 Å². The summed E-state index contributed by atoms with van der Waals surface area (Å²) in [6.07, 6.45) is 1.48. The molecule has 0 aliphatic rings. The largest absolute Gasteiger partial charge is 0.306 e. The first-order valence-electron chi connectivity index (χ1n) is 4.92. The lowest BCUT2D eigenvalue weighted by atomic mass is 10.1. The van der Waals surface area contributed by atoms with Gasteiger partial charge >= 0.3 is 0 Å². The molecule has 1 aromatic carbocycles. The molecule has 1 aromatic heterocycles. The second-order valence-corrected chi connectivity index (χ2v) is 3.34. The standard InChI is InChI=1S/C11H11N5/c12-5-9-1-3-10(4-2-9)6-13-7-11-14-8-15-16-11/h1-4,8,13H,6-7H2,(H,14,15,16). The van der Waals surface area contributed by atoms with Gasteiger partial charge in [-0.25, -0.2) is 4.98 Å². The minimum Gasteiger partial charge on any atom is -0.306 e. The maximum absolute atomic E-state index is 8.64. The number of aromatic nitrogens is 3. The highest BCUT2D eigenvalue weighted by Crippen LogP contribution is 2.02. The van der Waals surface area contributed by atoms with Crippen LogP contribution in [0.25, 0.3) is 0 Å². The van der Waals surface area contributed by atoms with Crippen LogP contribution in [0.4, 0.5) is 0 Å². The van der Waals surface area contributed by atoms with Gasteiger partial charge < -0.3 is 5.32 Å². The van der Waals surface area contributed by atoms with Crippen LogP contribution < -0.4 is 5.32 Å². The Morgan fingerprint density at radius 3 is 2.69 bits per heavy atom. The third-order valence-electron chi connectivity index (χ3n) is 2.17. The Labute approximate surface area is 93.1 Å². The summed E-state index contributed by atoms with van der Waals surface area (Å²) in [7, 11) is 0. The highest BCUT2D eigenvalue weighted by Gasteiger charge is 1.96. The van der Waals surface area contributed by atoms with Gasteiger partial charge in [0, 0.05) is 6.54 Å². The fourth-order valence-corrected chi connectivity index (χ4v) is 1.34. The normalized spacial score (nSPS) is 9.94. The number of nitrogens with one attached hydrogen (secondary N) is 2. The Morgan fingerprint density at radius 2 is 2.06 bits per heavy atom. The van der Waals surface area contributed by atoms with E-state index in [9.17, 15) is 0 Å². The van der Waals surface area contributed by atoms with Crippen molar-refractivity contribution < 1.29 is 0 Å². The Bertz CT molecular complexity index is 466. The van der Waals surface area contributed by atoms with Gasteiger partial charge in [-0.1, -0.05) is 12.1 Å². The lowest BCUT2D eigenvalue weighted by molar-refractivity contribution is 0.665. The molecule has 0 amide bonds. The first kappa shape index (κ1) is 10.3. The van der Waals surface area contributed by atoms with Crippen molar-refractivity contribution in [2.24, 2.45) is 0 Å². The van der Waals surface area contributed by atoms with Crippen LogP contribution >= 0.6 is 0 Å². The summed E-state index contributed by atoms with van der Waals surface area (Å²) in [6, 6.07) is 9.58. The maximum atomic E-state index is 8.64. The third-order valence-corrected chi connectivity index (χ3v) is 2.17. The van der Waals surface area contributed by atoms with Crippen molar-refractivity contribution in [3.05, 3.63) is 47.5 Å². The highest BCUT2D eigenvalue weighted by atomic mass is 15.2. The zero-order chi connectivity index (χ0) is 11.2. The molecule has 0 radical (unpaired) electrons. The predicted octanol–water partition coefficient (Wildman–Crippen LogP) is 0.966. The second kappa shape index (κ2) is 5.05.